The van der Waals surface area contributed by atoms with E-state index >= 15 is 0 Å². The first-order valence-electron chi connectivity index (χ1n) is 5.34. The van der Waals surface area contributed by atoms with Gasteiger partial charge in [-0.2, -0.15) is 0 Å². The van der Waals surface area contributed by atoms with E-state index in [9.17, 15) is 4.79 Å². The Bertz CT molecular complexity index is 375. The summed E-state index contributed by atoms with van der Waals surface area (Å²) in [5, 5.41) is 3.17. The molecule has 1 fully saturated rings. The standard InChI is InChI=1S/C12H14BrNO2/c13-10-4-2-1-3-9(10)7-12(15)11-8-16-6-5-14-11/h1-4,11,14H,5-8H2. The molecule has 0 aromatic heterocycles. The van der Waals surface area contributed by atoms with Crippen molar-refractivity contribution in [1.29, 1.82) is 0 Å². The molecule has 1 saturated heterocycles. The highest BCUT2D eigenvalue weighted by Gasteiger charge is 2.21. The maximum atomic E-state index is 12.0. The van der Waals surface area contributed by atoms with Gasteiger partial charge in [-0.25, -0.2) is 0 Å². The quantitative estimate of drug-likeness (QED) is 0.915. The van der Waals surface area contributed by atoms with Gasteiger partial charge >= 0.3 is 0 Å². The maximum absolute atomic E-state index is 12.0. The number of carbonyl (C=O) groups is 1. The van der Waals surface area contributed by atoms with Crippen LogP contribution in [-0.4, -0.2) is 31.6 Å². The zero-order chi connectivity index (χ0) is 11.4. The lowest BCUT2D eigenvalue weighted by atomic mass is 10.0. The number of nitrogens with one attached hydrogen (secondary N) is 1. The molecule has 3 nitrogen and oxygen atoms in total. The van der Waals surface area contributed by atoms with Crippen molar-refractivity contribution in [3.8, 4) is 0 Å². The van der Waals surface area contributed by atoms with E-state index in [0.717, 1.165) is 16.6 Å². The molecule has 1 N–H and O–H groups in total. The van der Waals surface area contributed by atoms with Crippen LogP contribution >= 0.6 is 15.9 Å². The average Bonchev–Trinajstić information content (AvgIpc) is 2.33. The topological polar surface area (TPSA) is 38.3 Å². The van der Waals surface area contributed by atoms with Crippen molar-refractivity contribution in [3.05, 3.63) is 34.3 Å². The van der Waals surface area contributed by atoms with Crippen LogP contribution in [0.4, 0.5) is 0 Å². The summed E-state index contributed by atoms with van der Waals surface area (Å²) in [7, 11) is 0. The fraction of sp³-hybridized carbons (Fsp3) is 0.417. The number of carbonyl (C=O) groups excluding carboxylic acids is 1. The lowest BCUT2D eigenvalue weighted by Crippen LogP contribution is -2.47. The zero-order valence-corrected chi connectivity index (χ0v) is 10.5. The van der Waals surface area contributed by atoms with Crippen LogP contribution in [0.1, 0.15) is 5.56 Å². The van der Waals surface area contributed by atoms with Crippen molar-refractivity contribution in [2.24, 2.45) is 0 Å². The third-order valence-corrected chi connectivity index (χ3v) is 3.41. The van der Waals surface area contributed by atoms with Gasteiger partial charge in [0.15, 0.2) is 5.78 Å². The Morgan fingerprint density at radius 1 is 1.50 bits per heavy atom. The van der Waals surface area contributed by atoms with E-state index < -0.39 is 0 Å². The molecule has 1 heterocycles. The van der Waals surface area contributed by atoms with E-state index in [0.29, 0.717) is 19.6 Å². The molecule has 1 unspecified atom stereocenters. The molecule has 86 valence electrons. The highest BCUT2D eigenvalue weighted by molar-refractivity contribution is 9.10. The van der Waals surface area contributed by atoms with Crippen LogP contribution in [0.15, 0.2) is 28.7 Å². The molecule has 0 spiro atoms. The highest BCUT2D eigenvalue weighted by atomic mass is 79.9. The van der Waals surface area contributed by atoms with Gasteiger partial charge in [-0.1, -0.05) is 34.1 Å². The monoisotopic (exact) mass is 283 g/mol. The van der Waals surface area contributed by atoms with Crippen LogP contribution in [0, 0.1) is 0 Å². The first-order chi connectivity index (χ1) is 7.77. The first kappa shape index (κ1) is 11.8. The second kappa shape index (κ2) is 5.57. The van der Waals surface area contributed by atoms with E-state index in [-0.39, 0.29) is 11.8 Å². The molecule has 0 radical (unpaired) electrons. The lowest BCUT2D eigenvalue weighted by molar-refractivity contribution is -0.123. The molecule has 1 aromatic carbocycles. The van der Waals surface area contributed by atoms with Crippen LogP contribution in [0.2, 0.25) is 0 Å². The first-order valence-corrected chi connectivity index (χ1v) is 6.14. The maximum Gasteiger partial charge on any atom is 0.156 e. The van der Waals surface area contributed by atoms with E-state index in [1.807, 2.05) is 24.3 Å². The zero-order valence-electron chi connectivity index (χ0n) is 8.91. The van der Waals surface area contributed by atoms with Gasteiger partial charge in [-0.15, -0.1) is 0 Å². The van der Waals surface area contributed by atoms with Crippen LogP contribution in [0.25, 0.3) is 0 Å². The van der Waals surface area contributed by atoms with Gasteiger partial charge in [-0.05, 0) is 11.6 Å². The van der Waals surface area contributed by atoms with Gasteiger partial charge < -0.3 is 10.1 Å². The van der Waals surface area contributed by atoms with E-state index in [4.69, 9.17) is 4.74 Å². The number of Topliss-reactive ketones (excluding diaryl/α,β-unsaturated/α-hetero) is 1. The summed E-state index contributed by atoms with van der Waals surface area (Å²) in [6, 6.07) is 7.65. The molecule has 0 bridgehead atoms. The van der Waals surface area contributed by atoms with Gasteiger partial charge in [0.1, 0.15) is 0 Å². The average molecular weight is 284 g/mol. The lowest BCUT2D eigenvalue weighted by Gasteiger charge is -2.22. The summed E-state index contributed by atoms with van der Waals surface area (Å²) in [6.07, 6.45) is 0.447. The molecule has 1 atom stereocenters. The Kier molecular flexibility index (Phi) is 4.09. The van der Waals surface area contributed by atoms with Crippen molar-refractivity contribution in [3.63, 3.8) is 0 Å². The second-order valence-electron chi connectivity index (χ2n) is 3.82. The molecular formula is C12H14BrNO2. The fourth-order valence-electron chi connectivity index (χ4n) is 1.72. The van der Waals surface area contributed by atoms with Gasteiger partial charge in [0.25, 0.3) is 0 Å². The van der Waals surface area contributed by atoms with Crippen LogP contribution in [0.5, 0.6) is 0 Å². The van der Waals surface area contributed by atoms with Gasteiger partial charge in [0, 0.05) is 17.4 Å². The van der Waals surface area contributed by atoms with E-state index in [2.05, 4.69) is 21.2 Å². The predicted octanol–water partition coefficient (Wildman–Crippen LogP) is 1.55. The SMILES string of the molecule is O=C(Cc1ccccc1Br)C1COCCN1. The number of ether oxygens (including phenoxy) is 1. The third kappa shape index (κ3) is 2.90. The summed E-state index contributed by atoms with van der Waals surface area (Å²) in [5.41, 5.74) is 1.03. The Morgan fingerprint density at radius 3 is 3.00 bits per heavy atom. The fourth-order valence-corrected chi connectivity index (χ4v) is 2.15. The largest absolute Gasteiger partial charge is 0.378 e. The Morgan fingerprint density at radius 2 is 2.31 bits per heavy atom. The number of ketones is 1. The number of rotatable bonds is 3. The van der Waals surface area contributed by atoms with Crippen LogP contribution in [-0.2, 0) is 16.0 Å². The normalized spacial score (nSPS) is 20.7. The smallest absolute Gasteiger partial charge is 0.156 e. The summed E-state index contributed by atoms with van der Waals surface area (Å²) < 4.78 is 6.26. The second-order valence-corrected chi connectivity index (χ2v) is 4.67. The van der Waals surface area contributed by atoms with Crippen LogP contribution < -0.4 is 5.32 Å². The molecule has 1 aliphatic rings. The van der Waals surface area contributed by atoms with E-state index in [1.54, 1.807) is 0 Å². The summed E-state index contributed by atoms with van der Waals surface area (Å²) in [5.74, 6) is 0.187. The Balaban J connectivity index is 1.99. The predicted molar refractivity (Wildman–Crippen MR) is 65.5 cm³/mol. The molecular weight excluding hydrogens is 270 g/mol. The number of benzene rings is 1. The van der Waals surface area contributed by atoms with Crippen LogP contribution in [0.3, 0.4) is 0 Å². The minimum Gasteiger partial charge on any atom is -0.378 e. The van der Waals surface area contributed by atoms with Crippen molar-refractivity contribution in [2.75, 3.05) is 19.8 Å². The van der Waals surface area contributed by atoms with Crippen molar-refractivity contribution >= 4 is 21.7 Å². The summed E-state index contributed by atoms with van der Waals surface area (Å²) >= 11 is 3.44. The van der Waals surface area contributed by atoms with Crippen molar-refractivity contribution < 1.29 is 9.53 Å². The molecule has 1 aromatic rings. The number of halogens is 1. The van der Waals surface area contributed by atoms with Gasteiger partial charge in [0.2, 0.25) is 0 Å². The minimum atomic E-state index is -0.152. The van der Waals surface area contributed by atoms with E-state index in [1.165, 1.54) is 0 Å². The van der Waals surface area contributed by atoms with Gasteiger partial charge in [-0.3, -0.25) is 4.79 Å². The molecule has 0 amide bonds. The molecule has 0 saturated carbocycles. The molecule has 16 heavy (non-hydrogen) atoms. The third-order valence-electron chi connectivity index (χ3n) is 2.63. The highest BCUT2D eigenvalue weighted by Crippen LogP contribution is 2.17. The molecule has 0 aliphatic carbocycles. The molecule has 1 aliphatic heterocycles. The number of hydrogen-bond acceptors (Lipinski definition) is 3. The van der Waals surface area contributed by atoms with Crippen molar-refractivity contribution in [2.45, 2.75) is 12.5 Å². The number of morpholine rings is 1. The van der Waals surface area contributed by atoms with Crippen molar-refractivity contribution in [1.82, 2.24) is 5.32 Å². The number of hydrogen-bond donors (Lipinski definition) is 1. The summed E-state index contributed by atoms with van der Waals surface area (Å²) in [4.78, 5) is 12.0. The minimum absolute atomic E-state index is 0.152. The summed E-state index contributed by atoms with van der Waals surface area (Å²) in [6.45, 7) is 1.94. The van der Waals surface area contributed by atoms with Gasteiger partial charge in [0.05, 0.1) is 19.3 Å². The molecule has 4 heteroatoms. The molecule has 2 rings (SSSR count). The Labute approximate surface area is 103 Å². The Hall–Kier alpha value is -0.710.